The number of nitrogen functional groups attached to an aromatic ring is 2. The Balaban J connectivity index is 1.75. The highest BCUT2D eigenvalue weighted by Gasteiger charge is 2.21. The number of hydrogen-bond donors (Lipinski definition) is 6. The Bertz CT molecular complexity index is 2210. The summed E-state index contributed by atoms with van der Waals surface area (Å²) in [6, 6.07) is 7.92. The molecule has 0 aliphatic rings. The van der Waals surface area contributed by atoms with E-state index in [-0.39, 0.29) is 34.3 Å². The van der Waals surface area contributed by atoms with Crippen LogP contribution < -0.4 is 16.8 Å². The highest BCUT2D eigenvalue weighted by Crippen LogP contribution is 2.37. The summed E-state index contributed by atoms with van der Waals surface area (Å²) in [5.74, 6) is -1.55. The minimum atomic E-state index is -4.94. The number of anilines is 4. The normalized spacial score (nSPS) is 12.6. The highest BCUT2D eigenvalue weighted by molar-refractivity contribution is 7.86. The fraction of sp³-hybridized carbons (Fsp3) is 0. The van der Waals surface area contributed by atoms with Crippen molar-refractivity contribution in [2.45, 2.75) is 14.7 Å². The summed E-state index contributed by atoms with van der Waals surface area (Å²) in [7, 11) is -14.6. The average molecular weight is 686 g/mol. The van der Waals surface area contributed by atoms with Gasteiger partial charge in [0, 0.05) is 11.8 Å². The number of rotatable bonds is 9. The molecule has 4 rings (SSSR count). The summed E-state index contributed by atoms with van der Waals surface area (Å²) in [6.45, 7) is 0. The maximum absolute atomic E-state index is 13.4. The van der Waals surface area contributed by atoms with Crippen LogP contribution in [0.5, 0.6) is 0 Å². The van der Waals surface area contributed by atoms with E-state index in [9.17, 15) is 47.7 Å². The Morgan fingerprint density at radius 3 is 1.64 bits per heavy atom. The molecule has 0 unspecified atom stereocenters. The predicted molar refractivity (Wildman–Crippen MR) is 151 cm³/mol. The van der Waals surface area contributed by atoms with Crippen LogP contribution in [0.1, 0.15) is 0 Å². The van der Waals surface area contributed by atoms with E-state index in [1.165, 1.54) is 0 Å². The second-order valence-corrected chi connectivity index (χ2v) is 12.8. The molecular weight excluding hydrogens is 668 g/mol. The molecule has 0 saturated heterocycles. The molecule has 0 saturated carbocycles. The molecule has 3 aromatic carbocycles. The Morgan fingerprint density at radius 1 is 0.622 bits per heavy atom. The second kappa shape index (κ2) is 12.1. The standard InChI is InChI=1S/C22H17F2N9O9S3/c23-20-9-21(29-22(24)28-20)27-10-1-3-18(44(37,38)39)16(5-10)32-30-14-8-15(13(26)7-12(14)25)31-33-17-6-11(43(34,35)36)2-4-19(17)45(40,41)42/h1-9H,25-26H2,(H,27,28,29)(H,34,35,36)(H,37,38,39)(H,40,41,42). The minimum absolute atomic E-state index is 0.00428. The smallest absolute Gasteiger partial charge is 0.313 e. The molecule has 0 amide bonds. The molecule has 0 spiro atoms. The first-order valence-electron chi connectivity index (χ1n) is 11.5. The van der Waals surface area contributed by atoms with Gasteiger partial charge in [0.25, 0.3) is 30.4 Å². The number of benzene rings is 3. The van der Waals surface area contributed by atoms with Gasteiger partial charge in [-0.1, -0.05) is 0 Å². The minimum Gasteiger partial charge on any atom is -0.397 e. The first-order chi connectivity index (χ1) is 20.8. The zero-order valence-electron chi connectivity index (χ0n) is 21.8. The van der Waals surface area contributed by atoms with Crippen molar-refractivity contribution in [1.29, 1.82) is 0 Å². The zero-order valence-corrected chi connectivity index (χ0v) is 24.3. The quantitative estimate of drug-likeness (QED) is 0.0472. The molecule has 0 fully saturated rings. The number of halogens is 2. The van der Waals surface area contributed by atoms with Gasteiger partial charge in [-0.05, 0) is 48.5 Å². The third-order valence-corrected chi connectivity index (χ3v) is 8.04. The van der Waals surface area contributed by atoms with Crippen LogP contribution in [0.3, 0.4) is 0 Å². The molecule has 0 aliphatic carbocycles. The lowest BCUT2D eigenvalue weighted by atomic mass is 10.2. The van der Waals surface area contributed by atoms with Crippen LogP contribution >= 0.6 is 0 Å². The van der Waals surface area contributed by atoms with Gasteiger partial charge in [-0.25, -0.2) is 0 Å². The second-order valence-electron chi connectivity index (χ2n) is 8.58. The lowest BCUT2D eigenvalue weighted by Crippen LogP contribution is -2.02. The predicted octanol–water partition coefficient (Wildman–Crippen LogP) is 4.23. The maximum atomic E-state index is 13.4. The number of azo groups is 2. The third kappa shape index (κ3) is 8.11. The van der Waals surface area contributed by atoms with Crippen LogP contribution in [0.15, 0.2) is 89.7 Å². The Labute approximate surface area is 251 Å². The van der Waals surface area contributed by atoms with Crippen molar-refractivity contribution in [3.8, 4) is 0 Å². The lowest BCUT2D eigenvalue weighted by Gasteiger charge is -2.09. The number of hydrogen-bond acceptors (Lipinski definition) is 15. The van der Waals surface area contributed by atoms with Gasteiger partial charge in [-0.3, -0.25) is 13.7 Å². The van der Waals surface area contributed by atoms with E-state index in [0.29, 0.717) is 18.2 Å². The molecule has 0 radical (unpaired) electrons. The lowest BCUT2D eigenvalue weighted by molar-refractivity contribution is 0.478. The van der Waals surface area contributed by atoms with Gasteiger partial charge >= 0.3 is 6.08 Å². The monoisotopic (exact) mass is 685 g/mol. The summed E-state index contributed by atoms with van der Waals surface area (Å²) in [5, 5.41) is 17.5. The van der Waals surface area contributed by atoms with Crippen LogP contribution in [-0.2, 0) is 30.4 Å². The van der Waals surface area contributed by atoms with Crippen LogP contribution in [0.2, 0.25) is 0 Å². The van der Waals surface area contributed by atoms with Crippen molar-refractivity contribution in [3.63, 3.8) is 0 Å². The van der Waals surface area contributed by atoms with Gasteiger partial charge in [0.2, 0.25) is 5.95 Å². The molecule has 236 valence electrons. The van der Waals surface area contributed by atoms with E-state index < -0.39 is 68.4 Å². The van der Waals surface area contributed by atoms with E-state index >= 15 is 0 Å². The average Bonchev–Trinajstić information content (AvgIpc) is 2.89. The highest BCUT2D eigenvalue weighted by atomic mass is 32.2. The Morgan fingerprint density at radius 2 is 1.13 bits per heavy atom. The molecule has 4 aromatic rings. The van der Waals surface area contributed by atoms with Crippen molar-refractivity contribution < 1.29 is 47.7 Å². The number of nitrogens with zero attached hydrogens (tertiary/aromatic N) is 6. The molecule has 1 aromatic heterocycles. The van der Waals surface area contributed by atoms with Crippen LogP contribution in [0.25, 0.3) is 0 Å². The number of nitrogens with one attached hydrogen (secondary N) is 1. The van der Waals surface area contributed by atoms with Gasteiger partial charge in [-0.2, -0.15) is 44.0 Å². The maximum Gasteiger partial charge on any atom is 0.313 e. The van der Waals surface area contributed by atoms with E-state index in [0.717, 1.165) is 36.4 Å². The number of aromatic nitrogens is 2. The van der Waals surface area contributed by atoms with Crippen LogP contribution in [0, 0.1) is 12.0 Å². The van der Waals surface area contributed by atoms with E-state index in [4.69, 9.17) is 11.5 Å². The van der Waals surface area contributed by atoms with E-state index in [2.05, 4.69) is 35.7 Å². The molecule has 0 bridgehead atoms. The molecule has 45 heavy (non-hydrogen) atoms. The Kier molecular flexibility index (Phi) is 8.86. The summed E-state index contributed by atoms with van der Waals surface area (Å²) in [4.78, 5) is 3.81. The van der Waals surface area contributed by atoms with Gasteiger partial charge < -0.3 is 16.8 Å². The zero-order chi connectivity index (χ0) is 33.3. The fourth-order valence-electron chi connectivity index (χ4n) is 3.45. The molecule has 1 heterocycles. The summed E-state index contributed by atoms with van der Waals surface area (Å²) in [5.41, 5.74) is 9.82. The molecule has 8 N–H and O–H groups in total. The third-order valence-electron chi connectivity index (χ3n) is 5.39. The Hall–Kier alpha value is -5.07. The van der Waals surface area contributed by atoms with E-state index in [1.807, 2.05) is 0 Å². The van der Waals surface area contributed by atoms with Gasteiger partial charge in [0.1, 0.15) is 38.4 Å². The van der Waals surface area contributed by atoms with Crippen LogP contribution in [-0.4, -0.2) is 48.9 Å². The summed E-state index contributed by atoms with van der Waals surface area (Å²) < 4.78 is 125. The first-order valence-corrected chi connectivity index (χ1v) is 15.8. The van der Waals surface area contributed by atoms with Crippen molar-refractivity contribution >= 4 is 76.0 Å². The topological polar surface area (TPSA) is 302 Å². The SMILES string of the molecule is Nc1cc(N)c(N=Nc2cc(S(=O)(=O)O)ccc2S(=O)(=O)O)cc1N=Nc1cc(Nc2cc(F)nc(F)n2)ccc1S(=O)(=O)O. The molecule has 0 aliphatic heterocycles. The van der Waals surface area contributed by atoms with Gasteiger partial charge in [0.05, 0.1) is 16.3 Å². The summed E-state index contributed by atoms with van der Waals surface area (Å²) >= 11 is 0. The van der Waals surface area contributed by atoms with E-state index in [1.54, 1.807) is 0 Å². The largest absolute Gasteiger partial charge is 0.397 e. The van der Waals surface area contributed by atoms with Gasteiger partial charge in [-0.15, -0.1) is 20.5 Å². The van der Waals surface area contributed by atoms with Gasteiger partial charge in [0.15, 0.2) is 0 Å². The van der Waals surface area contributed by atoms with Crippen molar-refractivity contribution in [2.24, 2.45) is 20.5 Å². The first kappa shape index (κ1) is 32.8. The van der Waals surface area contributed by atoms with Crippen molar-refractivity contribution in [2.75, 3.05) is 16.8 Å². The molecule has 0 atom stereocenters. The molecule has 23 heteroatoms. The van der Waals surface area contributed by atoms with Crippen molar-refractivity contribution in [3.05, 3.63) is 66.6 Å². The fourth-order valence-corrected chi connectivity index (χ4v) is 5.16. The van der Waals surface area contributed by atoms with Crippen molar-refractivity contribution in [1.82, 2.24) is 9.97 Å². The molecule has 18 nitrogen and oxygen atoms in total. The number of nitrogens with two attached hydrogens (primary N) is 2. The molecular formula is C22H17F2N9O9S3. The summed E-state index contributed by atoms with van der Waals surface area (Å²) in [6.07, 6.45) is -1.39. The van der Waals surface area contributed by atoms with Crippen LogP contribution in [0.4, 0.5) is 54.4 Å².